The lowest BCUT2D eigenvalue weighted by Crippen LogP contribution is -2.52. The monoisotopic (exact) mass is 446 g/mol. The number of ether oxygens (including phenoxy) is 1. The van der Waals surface area contributed by atoms with Crippen LogP contribution in [0.4, 0.5) is 0 Å². The van der Waals surface area contributed by atoms with Gasteiger partial charge in [-0.25, -0.2) is 4.57 Å². The van der Waals surface area contributed by atoms with E-state index in [1.165, 1.54) is 51.4 Å². The lowest BCUT2D eigenvalue weighted by atomic mass is 9.43. The first-order valence-corrected chi connectivity index (χ1v) is 13.5. The van der Waals surface area contributed by atoms with Gasteiger partial charge in [-0.1, -0.05) is 13.3 Å². The number of rotatable bonds is 14. The van der Waals surface area contributed by atoms with Crippen LogP contribution in [0.15, 0.2) is 0 Å². The molecular weight excluding hydrogens is 401 g/mol. The van der Waals surface area contributed by atoms with Crippen molar-refractivity contribution in [2.24, 2.45) is 22.7 Å². The van der Waals surface area contributed by atoms with Crippen LogP contribution in [0.5, 0.6) is 0 Å². The van der Waals surface area contributed by atoms with E-state index in [0.717, 1.165) is 37.9 Å². The number of hydrogen-bond donors (Lipinski definition) is 1. The Hall–Kier alpha value is 0.0300. The molecule has 0 aliphatic heterocycles. The number of phosphoric ester groups is 1. The van der Waals surface area contributed by atoms with E-state index in [2.05, 4.69) is 6.92 Å². The Morgan fingerprint density at radius 3 is 2.07 bits per heavy atom. The Morgan fingerprint density at radius 2 is 1.50 bits per heavy atom. The number of nitrogens with zero attached hydrogens (tertiary/aromatic N) is 1. The highest BCUT2D eigenvalue weighted by Crippen LogP contribution is 2.67. The average molecular weight is 447 g/mol. The van der Waals surface area contributed by atoms with E-state index in [0.29, 0.717) is 23.0 Å². The van der Waals surface area contributed by atoms with Gasteiger partial charge in [0.1, 0.15) is 13.2 Å². The van der Waals surface area contributed by atoms with Gasteiger partial charge in [0.2, 0.25) is 0 Å². The maximum absolute atomic E-state index is 12.3. The SMILES string of the molecule is CCCCOCCC12CC3CC(C1)CC(CCOP(=O)(O)OCC[N+](C)(C)C)(C3)C2. The van der Waals surface area contributed by atoms with Crippen molar-refractivity contribution in [3.8, 4) is 0 Å². The van der Waals surface area contributed by atoms with Crippen molar-refractivity contribution in [3.63, 3.8) is 0 Å². The first-order valence-electron chi connectivity index (χ1n) is 12.0. The van der Waals surface area contributed by atoms with Crippen LogP contribution in [0.2, 0.25) is 0 Å². The summed E-state index contributed by atoms with van der Waals surface area (Å²) in [6.45, 7) is 5.20. The van der Waals surface area contributed by atoms with Gasteiger partial charge in [-0.05, 0) is 80.5 Å². The van der Waals surface area contributed by atoms with Crippen LogP contribution in [-0.2, 0) is 18.3 Å². The first kappa shape index (κ1) is 24.7. The third-order valence-corrected chi connectivity index (χ3v) is 8.64. The minimum atomic E-state index is -3.96. The van der Waals surface area contributed by atoms with Crippen LogP contribution in [0.3, 0.4) is 0 Å². The van der Waals surface area contributed by atoms with E-state index in [9.17, 15) is 9.46 Å². The standard InChI is InChI=1S/C23H44NO5P/c1-5-6-10-27-11-7-22-15-20-14-21(16-22)18-23(17-20,19-22)8-12-28-30(25,26)29-13-9-24(2,3)4/h20-21H,5-19H2,1-4H3/p+1. The molecule has 0 spiro atoms. The highest BCUT2D eigenvalue weighted by atomic mass is 31.2. The van der Waals surface area contributed by atoms with Crippen molar-refractivity contribution in [1.82, 2.24) is 0 Å². The Morgan fingerprint density at radius 1 is 0.933 bits per heavy atom. The second kappa shape index (κ2) is 9.89. The number of hydrogen-bond acceptors (Lipinski definition) is 4. The first-order chi connectivity index (χ1) is 14.0. The van der Waals surface area contributed by atoms with Gasteiger partial charge in [0.15, 0.2) is 0 Å². The van der Waals surface area contributed by atoms with Crippen LogP contribution in [-0.4, -0.2) is 63.5 Å². The molecule has 4 aliphatic rings. The van der Waals surface area contributed by atoms with E-state index >= 15 is 0 Å². The smallest absolute Gasteiger partial charge is 0.381 e. The molecule has 6 nitrogen and oxygen atoms in total. The minimum absolute atomic E-state index is 0.230. The van der Waals surface area contributed by atoms with Gasteiger partial charge in [-0.2, -0.15) is 0 Å². The zero-order valence-corrected chi connectivity index (χ0v) is 20.6. The molecule has 4 aliphatic carbocycles. The summed E-state index contributed by atoms with van der Waals surface area (Å²) in [5.74, 6) is 1.65. The van der Waals surface area contributed by atoms with Crippen molar-refractivity contribution in [2.45, 2.75) is 71.1 Å². The molecule has 0 aromatic carbocycles. The Labute approximate surface area is 183 Å². The van der Waals surface area contributed by atoms with Crippen LogP contribution in [0, 0.1) is 22.7 Å². The van der Waals surface area contributed by atoms with Crippen LogP contribution in [0.1, 0.15) is 71.1 Å². The second-order valence-corrected chi connectivity index (χ2v) is 13.0. The topological polar surface area (TPSA) is 65.0 Å². The zero-order valence-electron chi connectivity index (χ0n) is 19.7. The summed E-state index contributed by atoms with van der Waals surface area (Å²) in [7, 11) is 2.13. The summed E-state index contributed by atoms with van der Waals surface area (Å²) in [6, 6.07) is 0. The van der Waals surface area contributed by atoms with Gasteiger partial charge in [-0.15, -0.1) is 0 Å². The number of unbranched alkanes of at least 4 members (excludes halogenated alkanes) is 1. The molecule has 4 fully saturated rings. The molecule has 3 unspecified atom stereocenters. The quantitative estimate of drug-likeness (QED) is 0.231. The molecule has 0 radical (unpaired) electrons. The molecule has 0 amide bonds. The van der Waals surface area contributed by atoms with Crippen molar-refractivity contribution >= 4 is 7.82 Å². The largest absolute Gasteiger partial charge is 0.472 e. The van der Waals surface area contributed by atoms with Crippen molar-refractivity contribution in [2.75, 3.05) is 54.1 Å². The highest BCUT2D eigenvalue weighted by Gasteiger charge is 2.56. The molecule has 0 saturated heterocycles. The number of likely N-dealkylation sites (N-methyl/N-ethyl adjacent to an activating group) is 1. The average Bonchev–Trinajstić information content (AvgIpc) is 2.58. The number of quaternary nitrogens is 1. The Balaban J connectivity index is 1.48. The molecule has 0 aromatic heterocycles. The Kier molecular flexibility index (Phi) is 8.13. The summed E-state index contributed by atoms with van der Waals surface area (Å²) in [5, 5.41) is 0. The summed E-state index contributed by atoms with van der Waals surface area (Å²) < 4.78 is 29.5. The van der Waals surface area contributed by atoms with Gasteiger partial charge < -0.3 is 14.1 Å². The molecule has 3 atom stereocenters. The lowest BCUT2D eigenvalue weighted by molar-refractivity contribution is -0.870. The normalized spacial score (nSPS) is 35.0. The summed E-state index contributed by atoms with van der Waals surface area (Å²) >= 11 is 0. The summed E-state index contributed by atoms with van der Waals surface area (Å²) in [6.07, 6.45) is 12.3. The molecule has 1 N–H and O–H groups in total. The third kappa shape index (κ3) is 7.02. The van der Waals surface area contributed by atoms with Gasteiger partial charge in [0.25, 0.3) is 0 Å². The van der Waals surface area contributed by atoms with E-state index in [1.54, 1.807) is 0 Å². The van der Waals surface area contributed by atoms with Gasteiger partial charge in [0, 0.05) is 13.2 Å². The molecule has 4 saturated carbocycles. The predicted molar refractivity (Wildman–Crippen MR) is 119 cm³/mol. The van der Waals surface area contributed by atoms with E-state index in [-0.39, 0.29) is 12.0 Å². The third-order valence-electron chi connectivity index (χ3n) is 7.63. The number of phosphoric acid groups is 1. The predicted octanol–water partition coefficient (Wildman–Crippen LogP) is 5.01. The fourth-order valence-corrected chi connectivity index (χ4v) is 7.43. The van der Waals surface area contributed by atoms with Crippen molar-refractivity contribution < 1.29 is 27.7 Å². The molecule has 176 valence electrons. The van der Waals surface area contributed by atoms with Crippen LogP contribution >= 0.6 is 7.82 Å². The lowest BCUT2D eigenvalue weighted by Gasteiger charge is -2.62. The van der Waals surface area contributed by atoms with Gasteiger partial charge >= 0.3 is 7.82 Å². The second-order valence-electron chi connectivity index (χ2n) is 11.6. The molecule has 4 bridgehead atoms. The van der Waals surface area contributed by atoms with Crippen molar-refractivity contribution in [3.05, 3.63) is 0 Å². The summed E-state index contributed by atoms with van der Waals surface area (Å²) in [4.78, 5) is 10.0. The Bertz CT molecular complexity index is 591. The molecular formula is C23H45NO5P+. The molecule has 4 rings (SSSR count). The maximum Gasteiger partial charge on any atom is 0.472 e. The summed E-state index contributed by atoms with van der Waals surface area (Å²) in [5.41, 5.74) is 0.718. The maximum atomic E-state index is 12.3. The van der Waals surface area contributed by atoms with Crippen LogP contribution < -0.4 is 0 Å². The molecule has 30 heavy (non-hydrogen) atoms. The van der Waals surface area contributed by atoms with Crippen LogP contribution in [0.25, 0.3) is 0 Å². The zero-order chi connectivity index (χ0) is 21.9. The fraction of sp³-hybridized carbons (Fsp3) is 1.00. The molecule has 0 heterocycles. The van der Waals surface area contributed by atoms with E-state index < -0.39 is 7.82 Å². The van der Waals surface area contributed by atoms with E-state index in [4.69, 9.17) is 13.8 Å². The molecule has 0 aromatic rings. The van der Waals surface area contributed by atoms with Gasteiger partial charge in [0.05, 0.1) is 27.7 Å². The molecule has 7 heteroatoms. The fourth-order valence-electron chi connectivity index (χ4n) is 6.72. The van der Waals surface area contributed by atoms with Crippen molar-refractivity contribution in [1.29, 1.82) is 0 Å². The highest BCUT2D eigenvalue weighted by molar-refractivity contribution is 7.47. The van der Waals surface area contributed by atoms with Gasteiger partial charge in [-0.3, -0.25) is 9.05 Å². The minimum Gasteiger partial charge on any atom is -0.381 e. The van der Waals surface area contributed by atoms with E-state index in [1.807, 2.05) is 21.1 Å².